The molecule has 16 unspecified atom stereocenters. The van der Waals surface area contributed by atoms with Crippen molar-refractivity contribution in [1.29, 1.82) is 0 Å². The van der Waals surface area contributed by atoms with E-state index in [9.17, 15) is 0 Å². The molecular formula is C42H32. The summed E-state index contributed by atoms with van der Waals surface area (Å²) in [6.07, 6.45) is 19.6. The van der Waals surface area contributed by atoms with Crippen molar-refractivity contribution in [3.05, 3.63) is 104 Å². The second kappa shape index (κ2) is 4.95. The molecule has 0 bridgehead atoms. The zero-order valence-electron chi connectivity index (χ0n) is 24.1. The topological polar surface area (TPSA) is 0 Å². The van der Waals surface area contributed by atoms with Crippen molar-refractivity contribution in [3.63, 3.8) is 0 Å². The lowest BCUT2D eigenvalue weighted by molar-refractivity contribution is 0.0460. The van der Waals surface area contributed by atoms with Crippen molar-refractivity contribution in [2.24, 2.45) is 70.5 Å². The third-order valence-corrected chi connectivity index (χ3v) is 18.2. The normalized spacial score (nSPS) is 57.7. The summed E-state index contributed by atoms with van der Waals surface area (Å²) in [6, 6.07) is 5.34. The summed E-state index contributed by atoms with van der Waals surface area (Å²) >= 11 is 0. The molecule has 0 aromatic heterocycles. The smallest absolute Gasteiger partial charge is 0.0100 e. The Balaban J connectivity index is 1.26. The molecule has 0 heteroatoms. The number of allylic oxidation sites excluding steroid dienone is 12. The quantitative estimate of drug-likeness (QED) is 0.296. The van der Waals surface area contributed by atoms with E-state index in [-0.39, 0.29) is 10.8 Å². The van der Waals surface area contributed by atoms with Gasteiger partial charge in [-0.1, -0.05) is 79.2 Å². The monoisotopic (exact) mass is 536 g/mol. The molecule has 0 spiro atoms. The van der Waals surface area contributed by atoms with Crippen LogP contribution in [0.3, 0.4) is 0 Å². The van der Waals surface area contributed by atoms with Crippen molar-refractivity contribution < 1.29 is 0 Å². The van der Waals surface area contributed by atoms with Gasteiger partial charge in [-0.05, 0) is 145 Å². The van der Waals surface area contributed by atoms with Gasteiger partial charge in [-0.2, -0.15) is 0 Å². The maximum absolute atomic E-state index is 2.84. The van der Waals surface area contributed by atoms with Gasteiger partial charge in [0.2, 0.25) is 0 Å². The van der Waals surface area contributed by atoms with Gasteiger partial charge in [-0.25, -0.2) is 0 Å². The fourth-order valence-corrected chi connectivity index (χ4v) is 17.8. The fraction of sp³-hybridized carbons (Fsp3) is 0.476. The van der Waals surface area contributed by atoms with Gasteiger partial charge >= 0.3 is 0 Å². The molecule has 2 aromatic carbocycles. The van der Waals surface area contributed by atoms with E-state index in [1.165, 1.54) is 12.8 Å². The van der Waals surface area contributed by atoms with E-state index >= 15 is 0 Å². The van der Waals surface area contributed by atoms with E-state index in [0.29, 0.717) is 23.7 Å². The highest BCUT2D eigenvalue weighted by molar-refractivity contribution is 6.21. The van der Waals surface area contributed by atoms with E-state index < -0.39 is 0 Å². The van der Waals surface area contributed by atoms with Crippen LogP contribution in [0.15, 0.2) is 70.9 Å². The minimum absolute atomic E-state index is 0.243. The molecule has 4 saturated carbocycles. The Labute approximate surface area is 246 Å². The van der Waals surface area contributed by atoms with Gasteiger partial charge in [-0.15, -0.1) is 0 Å². The molecule has 0 saturated heterocycles. The summed E-state index contributed by atoms with van der Waals surface area (Å²) in [6.45, 7) is 5.66. The summed E-state index contributed by atoms with van der Waals surface area (Å²) < 4.78 is 0. The number of rotatable bonds is 0. The molecule has 0 nitrogen and oxygen atoms in total. The standard InChI is InChI=1S/C42H32/c1-41-21-11-12-22-20-10-8-18-16-6-4-14-13-3-5-15-17-7-9-19(21)29-27(17)32-25(15)23(13)31-24(14)26(16)33-28(18)30(20)40(42(22,41)2)38-36(33)34(31)35(32)37(38)39(29)41/h3-10,13-17,19,21-27,29H,11-12H2,1-2H3. The molecule has 16 rings (SSSR count). The first kappa shape index (κ1) is 19.4. The van der Waals surface area contributed by atoms with Crippen LogP contribution in [0.4, 0.5) is 0 Å². The van der Waals surface area contributed by atoms with Crippen molar-refractivity contribution in [3.8, 4) is 0 Å². The summed E-state index contributed by atoms with van der Waals surface area (Å²) in [5.74, 6) is 10.3. The van der Waals surface area contributed by atoms with Crippen molar-refractivity contribution in [1.82, 2.24) is 0 Å². The lowest BCUT2D eigenvalue weighted by Crippen LogP contribution is -2.53. The van der Waals surface area contributed by atoms with Crippen LogP contribution in [0.25, 0.3) is 21.9 Å². The molecule has 4 fully saturated rings. The zero-order chi connectivity index (χ0) is 26.2. The predicted molar refractivity (Wildman–Crippen MR) is 164 cm³/mol. The first-order valence-corrected chi connectivity index (χ1v) is 17.6. The maximum Gasteiger partial charge on any atom is 0.0100 e. The Kier molecular flexibility index (Phi) is 2.29. The van der Waals surface area contributed by atoms with Crippen LogP contribution in [0.1, 0.15) is 77.8 Å². The predicted octanol–water partition coefficient (Wildman–Crippen LogP) is 8.58. The van der Waals surface area contributed by atoms with E-state index in [0.717, 1.165) is 59.2 Å². The molecule has 0 radical (unpaired) electrons. The molecule has 14 aliphatic carbocycles. The third-order valence-electron chi connectivity index (χ3n) is 18.2. The molecule has 16 atom stereocenters. The highest BCUT2D eigenvalue weighted by Crippen LogP contribution is 2.87. The third kappa shape index (κ3) is 1.27. The largest absolute Gasteiger partial charge is 0.0842 e. The molecule has 14 aliphatic rings. The van der Waals surface area contributed by atoms with Gasteiger partial charge in [0.15, 0.2) is 0 Å². The van der Waals surface area contributed by atoms with Gasteiger partial charge < -0.3 is 0 Å². The Morgan fingerprint density at radius 1 is 0.571 bits per heavy atom. The minimum atomic E-state index is 0.243. The lowest BCUT2D eigenvalue weighted by Gasteiger charge is -2.58. The van der Waals surface area contributed by atoms with E-state index in [1.807, 2.05) is 55.7 Å². The average Bonchev–Trinajstić information content (AvgIpc) is 3.79. The molecule has 0 amide bonds. The highest BCUT2D eigenvalue weighted by Gasteiger charge is 2.78. The molecule has 0 aliphatic heterocycles. The van der Waals surface area contributed by atoms with Crippen molar-refractivity contribution in [2.45, 2.75) is 49.9 Å². The Bertz CT molecular complexity index is 2220. The molecule has 200 valence electrons. The van der Waals surface area contributed by atoms with Crippen LogP contribution in [-0.2, 0) is 5.41 Å². The summed E-state index contributed by atoms with van der Waals surface area (Å²) in [5, 5.41) is 3.57. The maximum atomic E-state index is 2.84. The van der Waals surface area contributed by atoms with Crippen LogP contribution in [0.2, 0.25) is 0 Å². The zero-order valence-corrected chi connectivity index (χ0v) is 24.1. The molecular weight excluding hydrogens is 504 g/mol. The summed E-state index contributed by atoms with van der Waals surface area (Å²) in [5.41, 5.74) is 23.1. The van der Waals surface area contributed by atoms with Crippen LogP contribution in [-0.4, -0.2) is 0 Å². The highest BCUT2D eigenvalue weighted by atomic mass is 14.8. The van der Waals surface area contributed by atoms with Crippen molar-refractivity contribution >= 4 is 21.9 Å². The van der Waals surface area contributed by atoms with Crippen LogP contribution in [0, 0.1) is 70.5 Å². The first-order valence-electron chi connectivity index (χ1n) is 17.6. The second-order valence-corrected chi connectivity index (χ2v) is 17.8. The van der Waals surface area contributed by atoms with Gasteiger partial charge in [0.1, 0.15) is 0 Å². The van der Waals surface area contributed by atoms with E-state index in [4.69, 9.17) is 0 Å². The first-order chi connectivity index (χ1) is 20.7. The van der Waals surface area contributed by atoms with Crippen LogP contribution >= 0.6 is 0 Å². The number of hydrogen-bond donors (Lipinski definition) is 0. The summed E-state index contributed by atoms with van der Waals surface area (Å²) in [7, 11) is 0. The molecule has 42 heavy (non-hydrogen) atoms. The Morgan fingerprint density at radius 2 is 1.24 bits per heavy atom. The molecule has 2 aromatic rings. The van der Waals surface area contributed by atoms with Gasteiger partial charge in [0.05, 0.1) is 0 Å². The Hall–Kier alpha value is -2.86. The molecule has 0 N–H and O–H groups in total. The Morgan fingerprint density at radius 3 is 2.05 bits per heavy atom. The number of benzene rings is 2. The summed E-state index contributed by atoms with van der Waals surface area (Å²) in [4.78, 5) is 0. The van der Waals surface area contributed by atoms with Gasteiger partial charge in [-0.3, -0.25) is 0 Å². The SMILES string of the molecule is CC12C3=C4C5=C6C7C8C=CC9C%10C=CC%11c%12ccc%13c%14c(c4c4c(c%12%14)C%11C%10C(=C54)C97)C1(C)C%13CCC2C1C=CC8C6C31. The number of fused-ring (bicyclic) bond motifs is 5. The minimum Gasteiger partial charge on any atom is -0.0842 e. The fourth-order valence-electron chi connectivity index (χ4n) is 17.8. The average molecular weight is 537 g/mol. The van der Waals surface area contributed by atoms with Crippen LogP contribution in [0.5, 0.6) is 0 Å². The van der Waals surface area contributed by atoms with Gasteiger partial charge in [0, 0.05) is 22.7 Å². The van der Waals surface area contributed by atoms with Crippen LogP contribution < -0.4 is 0 Å². The number of hydrogen-bond acceptors (Lipinski definition) is 0. The van der Waals surface area contributed by atoms with E-state index in [2.05, 4.69) is 62.4 Å². The van der Waals surface area contributed by atoms with Gasteiger partial charge in [0.25, 0.3) is 0 Å². The lowest BCUT2D eigenvalue weighted by atomic mass is 9.44. The second-order valence-electron chi connectivity index (χ2n) is 17.8. The van der Waals surface area contributed by atoms with E-state index in [1.54, 1.807) is 21.9 Å². The van der Waals surface area contributed by atoms with Crippen molar-refractivity contribution in [2.75, 3.05) is 0 Å². The molecule has 0 heterocycles.